The fourth-order valence-corrected chi connectivity index (χ4v) is 4.62. The highest BCUT2D eigenvalue weighted by molar-refractivity contribution is 7.91. The molecule has 2 N–H and O–H groups in total. The molecule has 0 radical (unpaired) electrons. The zero-order valence-corrected chi connectivity index (χ0v) is 13.6. The third-order valence-corrected chi connectivity index (χ3v) is 6.09. The van der Waals surface area contributed by atoms with Crippen LogP contribution in [0.2, 0.25) is 0 Å². The van der Waals surface area contributed by atoms with Crippen molar-refractivity contribution in [3.05, 3.63) is 24.3 Å². The number of nitrogens with two attached hydrogens (primary N) is 1. The molecule has 1 aromatic carbocycles. The molecule has 1 aliphatic rings. The number of benzene rings is 1. The van der Waals surface area contributed by atoms with Gasteiger partial charge < -0.3 is 10.6 Å². The second-order valence-electron chi connectivity index (χ2n) is 5.72. The van der Waals surface area contributed by atoms with Crippen molar-refractivity contribution >= 4 is 15.5 Å². The Balaban J connectivity index is 2.43. The van der Waals surface area contributed by atoms with Gasteiger partial charge in [0.1, 0.15) is 0 Å². The zero-order chi connectivity index (χ0) is 15.3. The molecule has 0 aliphatic carbocycles. The average Bonchev–Trinajstić information content (AvgIpc) is 2.72. The molecule has 0 saturated carbocycles. The number of nitrogens with zero attached hydrogens (tertiary/aromatic N) is 1. The number of hydrogen-bond acceptors (Lipinski definition) is 4. The van der Waals surface area contributed by atoms with E-state index in [1.165, 1.54) is 12.8 Å². The number of para-hydroxylation sites is 1. The van der Waals surface area contributed by atoms with Crippen molar-refractivity contribution in [1.82, 2.24) is 0 Å². The Kier molecular flexibility index (Phi) is 5.65. The van der Waals surface area contributed by atoms with Crippen LogP contribution in [0, 0.1) is 0 Å². The van der Waals surface area contributed by atoms with Gasteiger partial charge in [0.25, 0.3) is 0 Å². The van der Waals surface area contributed by atoms with Gasteiger partial charge in [0.05, 0.1) is 16.3 Å². The summed E-state index contributed by atoms with van der Waals surface area (Å²) in [6.07, 6.45) is 5.13. The van der Waals surface area contributed by atoms with Gasteiger partial charge in [-0.15, -0.1) is 0 Å². The molecule has 1 fully saturated rings. The van der Waals surface area contributed by atoms with E-state index in [0.29, 0.717) is 17.9 Å². The molecule has 1 atom stereocenters. The first kappa shape index (κ1) is 16.3. The van der Waals surface area contributed by atoms with Gasteiger partial charge in [-0.2, -0.15) is 0 Å². The summed E-state index contributed by atoms with van der Waals surface area (Å²) in [6, 6.07) is 7.63. The van der Waals surface area contributed by atoms with E-state index in [1.807, 2.05) is 19.1 Å². The first-order chi connectivity index (χ1) is 10.1. The van der Waals surface area contributed by atoms with Crippen LogP contribution >= 0.6 is 0 Å². The molecule has 21 heavy (non-hydrogen) atoms. The fraction of sp³-hybridized carbons (Fsp3) is 0.625. The minimum Gasteiger partial charge on any atom is -0.366 e. The van der Waals surface area contributed by atoms with Crippen molar-refractivity contribution in [2.75, 3.05) is 23.7 Å². The van der Waals surface area contributed by atoms with E-state index in [2.05, 4.69) is 4.90 Å². The topological polar surface area (TPSA) is 63.4 Å². The van der Waals surface area contributed by atoms with Crippen LogP contribution < -0.4 is 10.6 Å². The van der Waals surface area contributed by atoms with Crippen LogP contribution in [0.1, 0.15) is 39.0 Å². The normalized spacial score (nSPS) is 20.3. The van der Waals surface area contributed by atoms with Crippen LogP contribution in [-0.2, 0) is 9.84 Å². The molecule has 0 bridgehead atoms. The van der Waals surface area contributed by atoms with Gasteiger partial charge in [-0.05, 0) is 31.4 Å². The predicted octanol–water partition coefficient (Wildman–Crippen LogP) is 2.58. The van der Waals surface area contributed by atoms with Crippen molar-refractivity contribution < 1.29 is 8.42 Å². The summed E-state index contributed by atoms with van der Waals surface area (Å²) < 4.78 is 25.0. The Labute approximate surface area is 128 Å². The van der Waals surface area contributed by atoms with Crippen molar-refractivity contribution in [2.24, 2.45) is 5.73 Å². The summed E-state index contributed by atoms with van der Waals surface area (Å²) in [5.41, 5.74) is 6.76. The smallest absolute Gasteiger partial charge is 0.180 e. The van der Waals surface area contributed by atoms with Crippen LogP contribution in [0.5, 0.6) is 0 Å². The Bertz CT molecular complexity index is 557. The monoisotopic (exact) mass is 310 g/mol. The van der Waals surface area contributed by atoms with Crippen molar-refractivity contribution in [2.45, 2.75) is 50.0 Å². The summed E-state index contributed by atoms with van der Waals surface area (Å²) in [7, 11) is -3.22. The van der Waals surface area contributed by atoms with Gasteiger partial charge in [0, 0.05) is 19.1 Å². The Morgan fingerprint density at radius 1 is 1.24 bits per heavy atom. The molecule has 0 spiro atoms. The van der Waals surface area contributed by atoms with Gasteiger partial charge in [-0.1, -0.05) is 31.9 Å². The summed E-state index contributed by atoms with van der Waals surface area (Å²) in [5, 5.41) is 0. The second-order valence-corrected chi connectivity index (χ2v) is 7.80. The van der Waals surface area contributed by atoms with E-state index < -0.39 is 9.84 Å². The lowest BCUT2D eigenvalue weighted by molar-refractivity contribution is 0.572. The number of hydrogen-bond donors (Lipinski definition) is 1. The molecule has 1 saturated heterocycles. The Hall–Kier alpha value is -1.07. The molecule has 1 heterocycles. The summed E-state index contributed by atoms with van der Waals surface area (Å²) in [5.74, 6) is 0.200. The zero-order valence-electron chi connectivity index (χ0n) is 12.8. The molecule has 4 nitrogen and oxygen atoms in total. The molecule has 1 aliphatic heterocycles. The highest BCUT2D eigenvalue weighted by Gasteiger charge is 2.26. The molecule has 1 unspecified atom stereocenters. The van der Waals surface area contributed by atoms with Crippen LogP contribution in [-0.4, -0.2) is 33.3 Å². The number of rotatable bonds is 5. The summed E-state index contributed by atoms with van der Waals surface area (Å²) in [4.78, 5) is 2.68. The van der Waals surface area contributed by atoms with E-state index >= 15 is 0 Å². The van der Waals surface area contributed by atoms with Gasteiger partial charge in [0.2, 0.25) is 0 Å². The highest BCUT2D eigenvalue weighted by Crippen LogP contribution is 2.30. The molecular formula is C16H26N2O2S. The second kappa shape index (κ2) is 7.27. The first-order valence-electron chi connectivity index (χ1n) is 7.88. The maximum absolute atomic E-state index is 12.5. The van der Waals surface area contributed by atoms with Gasteiger partial charge in [-0.3, -0.25) is 0 Å². The van der Waals surface area contributed by atoms with E-state index in [1.54, 1.807) is 12.1 Å². The van der Waals surface area contributed by atoms with Crippen LogP contribution in [0.25, 0.3) is 0 Å². The van der Waals surface area contributed by atoms with Gasteiger partial charge in [-0.25, -0.2) is 8.42 Å². The van der Waals surface area contributed by atoms with E-state index in [0.717, 1.165) is 25.1 Å². The lowest BCUT2D eigenvalue weighted by Gasteiger charge is -2.32. The standard InChI is InChI=1S/C16H26N2O2S/c1-2-12-21(19,20)16-10-6-5-9-15(16)18-11-7-3-4-8-14(18)13-17/h5-6,9-10,14H,2-4,7-8,11-13,17H2,1H3. The number of sulfone groups is 1. The largest absolute Gasteiger partial charge is 0.366 e. The molecule has 0 amide bonds. The van der Waals surface area contributed by atoms with Crippen molar-refractivity contribution in [3.8, 4) is 0 Å². The maximum atomic E-state index is 12.5. The first-order valence-corrected chi connectivity index (χ1v) is 9.54. The Morgan fingerprint density at radius 3 is 2.71 bits per heavy atom. The van der Waals surface area contributed by atoms with Crippen molar-refractivity contribution in [1.29, 1.82) is 0 Å². The third-order valence-electron chi connectivity index (χ3n) is 4.13. The molecule has 5 heteroatoms. The van der Waals surface area contributed by atoms with Crippen molar-refractivity contribution in [3.63, 3.8) is 0 Å². The SMILES string of the molecule is CCCS(=O)(=O)c1ccccc1N1CCCCCC1CN. The molecule has 2 rings (SSSR count). The quantitative estimate of drug-likeness (QED) is 0.908. The van der Waals surface area contributed by atoms with Crippen LogP contribution in [0.15, 0.2) is 29.2 Å². The van der Waals surface area contributed by atoms with Crippen LogP contribution in [0.4, 0.5) is 5.69 Å². The average molecular weight is 310 g/mol. The summed E-state index contributed by atoms with van der Waals surface area (Å²) in [6.45, 7) is 3.36. The van der Waals surface area contributed by atoms with Gasteiger partial charge >= 0.3 is 0 Å². The molecule has 1 aromatic rings. The highest BCUT2D eigenvalue weighted by atomic mass is 32.2. The molecule has 118 valence electrons. The van der Waals surface area contributed by atoms with E-state index in [9.17, 15) is 8.42 Å². The van der Waals surface area contributed by atoms with E-state index in [-0.39, 0.29) is 11.8 Å². The fourth-order valence-electron chi connectivity index (χ4n) is 3.08. The number of anilines is 1. The molecule has 0 aromatic heterocycles. The molecular weight excluding hydrogens is 284 g/mol. The minimum absolute atomic E-state index is 0.200. The predicted molar refractivity (Wildman–Crippen MR) is 87.4 cm³/mol. The lowest BCUT2D eigenvalue weighted by Crippen LogP contribution is -2.41. The van der Waals surface area contributed by atoms with Gasteiger partial charge in [0.15, 0.2) is 9.84 Å². The Morgan fingerprint density at radius 2 is 2.00 bits per heavy atom. The van der Waals surface area contributed by atoms with E-state index in [4.69, 9.17) is 5.73 Å². The lowest BCUT2D eigenvalue weighted by atomic mass is 10.1. The maximum Gasteiger partial charge on any atom is 0.180 e. The van der Waals surface area contributed by atoms with Crippen LogP contribution in [0.3, 0.4) is 0 Å². The minimum atomic E-state index is -3.22. The summed E-state index contributed by atoms with van der Waals surface area (Å²) >= 11 is 0. The third kappa shape index (κ3) is 3.77.